The number of carbonyl (C=O) groups is 1. The number of anilines is 1. The van der Waals surface area contributed by atoms with E-state index in [2.05, 4.69) is 10.1 Å². The normalized spacial score (nSPS) is 11.1. The Morgan fingerprint density at radius 2 is 1.74 bits per heavy atom. The van der Waals surface area contributed by atoms with E-state index in [4.69, 9.17) is 55.9 Å². The van der Waals surface area contributed by atoms with Crippen molar-refractivity contribution in [1.82, 2.24) is 0 Å². The smallest absolute Gasteiger partial charge is 0.489 e. The van der Waals surface area contributed by atoms with Crippen molar-refractivity contribution in [2.45, 2.75) is 13.0 Å². The first kappa shape index (κ1) is 25.4. The molecule has 0 aliphatic rings. The molecule has 1 N–H and O–H groups in total. The Labute approximate surface area is 195 Å². The van der Waals surface area contributed by atoms with E-state index >= 15 is 0 Å². The van der Waals surface area contributed by atoms with Crippen molar-refractivity contribution < 1.29 is 32.2 Å². The Balaban J connectivity index is 1.88. The van der Waals surface area contributed by atoms with E-state index in [1.807, 2.05) is 0 Å². The lowest BCUT2D eigenvalue weighted by Crippen LogP contribution is -2.19. The van der Waals surface area contributed by atoms with Gasteiger partial charge in [0, 0.05) is 17.3 Å². The number of hydrogen-bond donors (Lipinski definition) is 1. The number of benzene rings is 2. The first-order valence-corrected chi connectivity index (χ1v) is 9.90. The van der Waals surface area contributed by atoms with Crippen LogP contribution in [0.4, 0.5) is 18.9 Å². The van der Waals surface area contributed by atoms with Crippen LogP contribution in [0.1, 0.15) is 5.56 Å². The Hall–Kier alpha value is -1.84. The predicted octanol–water partition coefficient (Wildman–Crippen LogP) is 6.75. The van der Waals surface area contributed by atoms with Crippen LogP contribution in [0, 0.1) is 0 Å². The lowest BCUT2D eigenvalue weighted by Gasteiger charge is -2.12. The number of carbonyl (C=O) groups excluding carboxylic acids is 1. The fourth-order valence-electron chi connectivity index (χ4n) is 2.22. The second kappa shape index (κ2) is 11.7. The van der Waals surface area contributed by atoms with Crippen molar-refractivity contribution in [1.29, 1.82) is 0 Å². The number of hydrogen-bond acceptors (Lipinski definition) is 4. The lowest BCUT2D eigenvalue weighted by molar-refractivity contribution is -0.274. The molecule has 0 aromatic heterocycles. The molecule has 0 aliphatic heterocycles. The Morgan fingerprint density at radius 3 is 2.35 bits per heavy atom. The summed E-state index contributed by atoms with van der Waals surface area (Å²) in [6, 6.07) is 7.86. The largest absolute Gasteiger partial charge is 0.573 e. The van der Waals surface area contributed by atoms with Gasteiger partial charge in [0.2, 0.25) is 5.91 Å². The molecule has 2 aromatic rings. The van der Waals surface area contributed by atoms with Gasteiger partial charge in [-0.15, -0.1) is 13.2 Å². The van der Waals surface area contributed by atoms with Gasteiger partial charge in [-0.2, -0.15) is 0 Å². The van der Waals surface area contributed by atoms with Crippen LogP contribution in [0.3, 0.4) is 0 Å². The molecule has 0 radical (unpaired) electrons. The zero-order valence-electron chi connectivity index (χ0n) is 15.4. The minimum atomic E-state index is -4.83. The van der Waals surface area contributed by atoms with Gasteiger partial charge in [0.15, 0.2) is 0 Å². The van der Waals surface area contributed by atoms with Crippen molar-refractivity contribution in [2.75, 3.05) is 18.5 Å². The van der Waals surface area contributed by atoms with Gasteiger partial charge in [-0.05, 0) is 30.3 Å². The molecule has 0 bridgehead atoms. The summed E-state index contributed by atoms with van der Waals surface area (Å²) in [5.41, 5.74) is 0.536. The van der Waals surface area contributed by atoms with E-state index in [9.17, 15) is 18.0 Å². The SMILES string of the molecule is O=C(COCc1c(Cl)cc(OCC=C(Cl)Cl)cc1Cl)Nc1cccc(OC(F)(F)F)c1. The molecule has 0 fully saturated rings. The Kier molecular flexibility index (Phi) is 9.58. The standard InChI is InChI=1S/C19H14Cl4F3NO4/c20-15-7-13(30-5-4-17(22)23)8-16(21)14(15)9-29-10-18(28)27-11-2-1-3-12(6-11)31-19(24,25)26/h1-4,6-8H,5,9-10H2,(H,27,28). The van der Waals surface area contributed by atoms with Crippen molar-refractivity contribution in [3.05, 3.63) is 62.6 Å². The van der Waals surface area contributed by atoms with Crippen LogP contribution in [-0.2, 0) is 16.1 Å². The highest BCUT2D eigenvalue weighted by molar-refractivity contribution is 6.55. The highest BCUT2D eigenvalue weighted by atomic mass is 35.5. The Bertz CT molecular complexity index is 927. The van der Waals surface area contributed by atoms with Crippen molar-refractivity contribution >= 4 is 58.0 Å². The molecule has 2 aromatic carbocycles. The first-order valence-electron chi connectivity index (χ1n) is 8.39. The molecule has 1 amide bonds. The molecule has 0 spiro atoms. The average Bonchev–Trinajstić information content (AvgIpc) is 2.62. The molecular formula is C19H14Cl4F3NO4. The van der Waals surface area contributed by atoms with E-state index in [1.54, 1.807) is 0 Å². The highest BCUT2D eigenvalue weighted by Crippen LogP contribution is 2.31. The van der Waals surface area contributed by atoms with Gasteiger partial charge >= 0.3 is 6.36 Å². The van der Waals surface area contributed by atoms with Crippen LogP contribution in [-0.4, -0.2) is 25.5 Å². The van der Waals surface area contributed by atoms with Crippen molar-refractivity contribution in [2.24, 2.45) is 0 Å². The maximum Gasteiger partial charge on any atom is 0.573 e. The number of alkyl halides is 3. The summed E-state index contributed by atoms with van der Waals surface area (Å²) in [5, 5.41) is 2.90. The number of rotatable bonds is 9. The second-order valence-electron chi connectivity index (χ2n) is 5.79. The third-order valence-electron chi connectivity index (χ3n) is 3.43. The fraction of sp³-hybridized carbons (Fsp3) is 0.211. The number of halogens is 7. The highest BCUT2D eigenvalue weighted by Gasteiger charge is 2.31. The predicted molar refractivity (Wildman–Crippen MR) is 113 cm³/mol. The molecule has 0 atom stereocenters. The van der Waals surface area contributed by atoms with Crippen molar-refractivity contribution in [3.8, 4) is 11.5 Å². The van der Waals surface area contributed by atoms with Gasteiger partial charge in [-0.25, -0.2) is 0 Å². The van der Waals surface area contributed by atoms with E-state index in [-0.39, 0.29) is 33.4 Å². The zero-order valence-corrected chi connectivity index (χ0v) is 18.5. The van der Waals surface area contributed by atoms with Gasteiger partial charge in [-0.1, -0.05) is 52.5 Å². The maximum atomic E-state index is 12.3. The van der Waals surface area contributed by atoms with Crippen LogP contribution in [0.2, 0.25) is 10.0 Å². The van der Waals surface area contributed by atoms with Crippen LogP contribution in [0.15, 0.2) is 47.0 Å². The molecule has 0 unspecified atom stereocenters. The third-order valence-corrected chi connectivity index (χ3v) is 4.42. The second-order valence-corrected chi connectivity index (χ2v) is 7.61. The van der Waals surface area contributed by atoms with Crippen LogP contribution in [0.5, 0.6) is 11.5 Å². The third kappa shape index (κ3) is 9.45. The van der Waals surface area contributed by atoms with E-state index in [0.717, 1.165) is 12.1 Å². The summed E-state index contributed by atoms with van der Waals surface area (Å²) in [4.78, 5) is 12.0. The van der Waals surface area contributed by atoms with Gasteiger partial charge in [0.05, 0.1) is 16.7 Å². The van der Waals surface area contributed by atoms with Crippen LogP contribution >= 0.6 is 46.4 Å². The van der Waals surface area contributed by atoms with Gasteiger partial charge < -0.3 is 19.5 Å². The molecule has 0 heterocycles. The van der Waals surface area contributed by atoms with Gasteiger partial charge in [0.1, 0.15) is 29.2 Å². The summed E-state index contributed by atoms with van der Waals surface area (Å²) in [5.74, 6) is -0.680. The maximum absolute atomic E-state index is 12.3. The summed E-state index contributed by atoms with van der Waals surface area (Å²) < 4.78 is 51.4. The molecule has 2 rings (SSSR count). The molecule has 31 heavy (non-hydrogen) atoms. The number of ether oxygens (including phenoxy) is 3. The van der Waals surface area contributed by atoms with E-state index < -0.39 is 24.6 Å². The minimum Gasteiger partial charge on any atom is -0.489 e. The van der Waals surface area contributed by atoms with Crippen LogP contribution in [0.25, 0.3) is 0 Å². The number of amides is 1. The zero-order chi connectivity index (χ0) is 23.0. The molecule has 0 saturated carbocycles. The summed E-state index contributed by atoms with van der Waals surface area (Å²) in [6.45, 7) is -0.371. The molecule has 0 aliphatic carbocycles. The molecule has 12 heteroatoms. The van der Waals surface area contributed by atoms with E-state index in [0.29, 0.717) is 11.3 Å². The summed E-state index contributed by atoms with van der Waals surface area (Å²) >= 11 is 23.3. The first-order chi connectivity index (χ1) is 14.5. The lowest BCUT2D eigenvalue weighted by atomic mass is 10.2. The monoisotopic (exact) mass is 517 g/mol. The minimum absolute atomic E-state index is 0.0556. The summed E-state index contributed by atoms with van der Waals surface area (Å²) in [7, 11) is 0. The molecule has 0 saturated heterocycles. The van der Waals surface area contributed by atoms with Gasteiger partial charge in [0.25, 0.3) is 0 Å². The summed E-state index contributed by atoms with van der Waals surface area (Å²) in [6.07, 6.45) is -3.40. The molecule has 5 nitrogen and oxygen atoms in total. The van der Waals surface area contributed by atoms with Crippen molar-refractivity contribution in [3.63, 3.8) is 0 Å². The molecule has 168 valence electrons. The number of nitrogens with one attached hydrogen (secondary N) is 1. The topological polar surface area (TPSA) is 56.8 Å². The average molecular weight is 519 g/mol. The fourth-order valence-corrected chi connectivity index (χ4v) is 2.92. The van der Waals surface area contributed by atoms with E-state index in [1.165, 1.54) is 30.3 Å². The van der Waals surface area contributed by atoms with Crippen LogP contribution < -0.4 is 14.8 Å². The molecular weight excluding hydrogens is 505 g/mol. The quantitative estimate of drug-likeness (QED) is 0.399. The van der Waals surface area contributed by atoms with Gasteiger partial charge in [-0.3, -0.25) is 4.79 Å². The Morgan fingerprint density at radius 1 is 1.06 bits per heavy atom.